The van der Waals surface area contributed by atoms with E-state index in [1.54, 1.807) is 25.1 Å². The zero-order valence-electron chi connectivity index (χ0n) is 11.8. The topological polar surface area (TPSA) is 46.5 Å². The third-order valence-corrected chi connectivity index (χ3v) is 3.23. The Morgan fingerprint density at radius 1 is 1.19 bits per heavy atom. The summed E-state index contributed by atoms with van der Waals surface area (Å²) in [5.74, 6) is -1.91. The van der Waals surface area contributed by atoms with Gasteiger partial charge in [-0.05, 0) is 23.6 Å². The number of carboxylic acids is 1. The van der Waals surface area contributed by atoms with Crippen molar-refractivity contribution in [1.29, 1.82) is 0 Å². The first-order valence-electron chi connectivity index (χ1n) is 6.75. The number of hydrogen-bond acceptors (Lipinski definition) is 2. The van der Waals surface area contributed by atoms with Crippen LogP contribution in [0.4, 0.5) is 4.39 Å². The van der Waals surface area contributed by atoms with E-state index in [0.29, 0.717) is 5.56 Å². The summed E-state index contributed by atoms with van der Waals surface area (Å²) in [4.78, 5) is 10.9. The number of hydrogen-bond donors (Lipinski definition) is 1. The van der Waals surface area contributed by atoms with E-state index in [0.717, 1.165) is 5.56 Å². The summed E-state index contributed by atoms with van der Waals surface area (Å²) >= 11 is 0. The van der Waals surface area contributed by atoms with Gasteiger partial charge in [-0.25, -0.2) is 4.39 Å². The molecule has 2 aromatic rings. The van der Waals surface area contributed by atoms with Crippen molar-refractivity contribution in [3.8, 4) is 5.75 Å². The fraction of sp³-hybridized carbons (Fsp3) is 0.235. The number of carboxylic acid groups (broad SMARTS) is 1. The number of carbonyl (C=O) groups is 1. The number of halogens is 1. The van der Waals surface area contributed by atoms with Gasteiger partial charge in [0.25, 0.3) is 0 Å². The largest absolute Gasteiger partial charge is 0.486 e. The fourth-order valence-corrected chi connectivity index (χ4v) is 1.98. The molecule has 4 heteroatoms. The summed E-state index contributed by atoms with van der Waals surface area (Å²) < 4.78 is 19.8. The summed E-state index contributed by atoms with van der Waals surface area (Å²) in [6.45, 7) is 1.83. The van der Waals surface area contributed by atoms with Crippen molar-refractivity contribution in [1.82, 2.24) is 0 Å². The third kappa shape index (κ3) is 4.05. The summed E-state index contributed by atoms with van der Waals surface area (Å²) in [6.07, 6.45) is 0.143. The van der Waals surface area contributed by atoms with Crippen molar-refractivity contribution in [3.63, 3.8) is 0 Å². The van der Waals surface area contributed by atoms with Crippen molar-refractivity contribution < 1.29 is 19.0 Å². The van der Waals surface area contributed by atoms with Crippen LogP contribution in [-0.4, -0.2) is 11.1 Å². The predicted octanol–water partition coefficient (Wildman–Crippen LogP) is 3.67. The predicted molar refractivity (Wildman–Crippen MR) is 77.7 cm³/mol. The van der Waals surface area contributed by atoms with E-state index in [4.69, 9.17) is 9.84 Å². The Balaban J connectivity index is 2.09. The molecule has 0 saturated heterocycles. The van der Waals surface area contributed by atoms with Crippen molar-refractivity contribution in [3.05, 3.63) is 65.5 Å². The SMILES string of the molecule is C[C@@H](Cc1cccc(OCc2ccccc2)c1F)C(=O)O. The third-order valence-electron chi connectivity index (χ3n) is 3.23. The standard InChI is InChI=1S/C17H17FO3/c1-12(17(19)20)10-14-8-5-9-15(16(14)18)21-11-13-6-3-2-4-7-13/h2-9,12H,10-11H2,1H3,(H,19,20)/t12-/m0/s1. The maximum absolute atomic E-state index is 14.3. The van der Waals surface area contributed by atoms with Crippen LogP contribution in [-0.2, 0) is 17.8 Å². The molecule has 1 atom stereocenters. The molecule has 0 unspecified atom stereocenters. The molecule has 0 bridgehead atoms. The minimum Gasteiger partial charge on any atom is -0.486 e. The molecule has 0 aromatic heterocycles. The minimum absolute atomic E-state index is 0.143. The molecule has 1 N–H and O–H groups in total. The number of aliphatic carboxylic acids is 1. The highest BCUT2D eigenvalue weighted by Gasteiger charge is 2.16. The molecule has 0 spiro atoms. The van der Waals surface area contributed by atoms with Crippen LogP contribution in [0.3, 0.4) is 0 Å². The van der Waals surface area contributed by atoms with Crippen molar-refractivity contribution in [2.24, 2.45) is 5.92 Å². The smallest absolute Gasteiger partial charge is 0.306 e. The van der Waals surface area contributed by atoms with E-state index in [1.165, 1.54) is 0 Å². The van der Waals surface area contributed by atoms with Crippen LogP contribution in [0.15, 0.2) is 48.5 Å². The first-order chi connectivity index (χ1) is 10.1. The molecule has 2 rings (SSSR count). The van der Waals surface area contributed by atoms with Gasteiger partial charge in [0.05, 0.1) is 5.92 Å². The second-order valence-corrected chi connectivity index (χ2v) is 4.95. The van der Waals surface area contributed by atoms with Crippen molar-refractivity contribution in [2.45, 2.75) is 20.0 Å². The second-order valence-electron chi connectivity index (χ2n) is 4.95. The first kappa shape index (κ1) is 15.0. The second kappa shape index (κ2) is 6.88. The Morgan fingerprint density at radius 2 is 1.90 bits per heavy atom. The van der Waals surface area contributed by atoms with Crippen LogP contribution in [0.2, 0.25) is 0 Å². The maximum Gasteiger partial charge on any atom is 0.306 e. The van der Waals surface area contributed by atoms with Gasteiger partial charge in [0.15, 0.2) is 11.6 Å². The van der Waals surface area contributed by atoms with Gasteiger partial charge < -0.3 is 9.84 Å². The van der Waals surface area contributed by atoms with Crippen LogP contribution in [0, 0.1) is 11.7 Å². The van der Waals surface area contributed by atoms with Gasteiger partial charge in [0, 0.05) is 0 Å². The van der Waals surface area contributed by atoms with Gasteiger partial charge in [0.2, 0.25) is 0 Å². The monoisotopic (exact) mass is 288 g/mol. The average molecular weight is 288 g/mol. The molecule has 0 aliphatic heterocycles. The van der Waals surface area contributed by atoms with Crippen molar-refractivity contribution in [2.75, 3.05) is 0 Å². The molecule has 0 saturated carbocycles. The Hall–Kier alpha value is -2.36. The summed E-state index contributed by atoms with van der Waals surface area (Å²) in [7, 11) is 0. The highest BCUT2D eigenvalue weighted by Crippen LogP contribution is 2.23. The lowest BCUT2D eigenvalue weighted by Crippen LogP contribution is -2.13. The number of ether oxygens (including phenoxy) is 1. The van der Waals surface area contributed by atoms with Crippen LogP contribution in [0.5, 0.6) is 5.75 Å². The molecule has 2 aromatic carbocycles. The molecule has 110 valence electrons. The lowest BCUT2D eigenvalue weighted by molar-refractivity contribution is -0.141. The van der Waals surface area contributed by atoms with Crippen LogP contribution in [0.25, 0.3) is 0 Å². The Morgan fingerprint density at radius 3 is 2.57 bits per heavy atom. The lowest BCUT2D eigenvalue weighted by Gasteiger charge is -2.12. The summed E-state index contributed by atoms with van der Waals surface area (Å²) in [5, 5.41) is 8.90. The fourth-order valence-electron chi connectivity index (χ4n) is 1.98. The van der Waals surface area contributed by atoms with E-state index < -0.39 is 17.7 Å². The molecular weight excluding hydrogens is 271 g/mol. The molecule has 0 heterocycles. The highest BCUT2D eigenvalue weighted by molar-refractivity contribution is 5.69. The van der Waals surface area contributed by atoms with Gasteiger partial charge in [-0.15, -0.1) is 0 Å². The summed E-state index contributed by atoms with van der Waals surface area (Å²) in [5.41, 5.74) is 1.30. The minimum atomic E-state index is -0.940. The Labute approximate surface area is 123 Å². The quantitative estimate of drug-likeness (QED) is 0.882. The van der Waals surface area contributed by atoms with Gasteiger partial charge in [-0.2, -0.15) is 0 Å². The Bertz CT molecular complexity index is 611. The summed E-state index contributed by atoms with van der Waals surface area (Å²) in [6, 6.07) is 14.3. The zero-order chi connectivity index (χ0) is 15.2. The molecule has 21 heavy (non-hydrogen) atoms. The van der Waals surface area contributed by atoms with E-state index in [2.05, 4.69) is 0 Å². The molecule has 3 nitrogen and oxygen atoms in total. The molecule has 0 radical (unpaired) electrons. The molecule has 0 aliphatic carbocycles. The number of rotatable bonds is 6. The Kier molecular flexibility index (Phi) is 4.93. The van der Waals surface area contributed by atoms with Crippen molar-refractivity contribution >= 4 is 5.97 Å². The first-order valence-corrected chi connectivity index (χ1v) is 6.75. The van der Waals surface area contributed by atoms with Gasteiger partial charge >= 0.3 is 5.97 Å². The van der Waals surface area contributed by atoms with E-state index in [-0.39, 0.29) is 18.8 Å². The van der Waals surface area contributed by atoms with Crippen LogP contribution in [0.1, 0.15) is 18.1 Å². The van der Waals surface area contributed by atoms with Gasteiger partial charge in [-0.3, -0.25) is 4.79 Å². The zero-order valence-corrected chi connectivity index (χ0v) is 11.8. The van der Waals surface area contributed by atoms with Gasteiger partial charge in [-0.1, -0.05) is 49.4 Å². The van der Waals surface area contributed by atoms with E-state index in [1.807, 2.05) is 30.3 Å². The van der Waals surface area contributed by atoms with Crippen LogP contribution >= 0.6 is 0 Å². The number of benzene rings is 2. The molecular formula is C17H17FO3. The van der Waals surface area contributed by atoms with E-state index >= 15 is 0 Å². The van der Waals surface area contributed by atoms with E-state index in [9.17, 15) is 9.18 Å². The molecule has 0 amide bonds. The average Bonchev–Trinajstić information content (AvgIpc) is 2.49. The highest BCUT2D eigenvalue weighted by atomic mass is 19.1. The normalized spacial score (nSPS) is 11.9. The van der Waals surface area contributed by atoms with Crippen LogP contribution < -0.4 is 4.74 Å². The maximum atomic E-state index is 14.3. The molecule has 0 aliphatic rings. The van der Waals surface area contributed by atoms with Gasteiger partial charge in [0.1, 0.15) is 6.61 Å². The lowest BCUT2D eigenvalue weighted by atomic mass is 10.0. The molecule has 0 fully saturated rings.